The molecule has 2 unspecified atom stereocenters. The second-order valence-electron chi connectivity index (χ2n) is 5.30. The fourth-order valence-corrected chi connectivity index (χ4v) is 3.95. The average molecular weight is 258 g/mol. The monoisotopic (exact) mass is 258 g/mol. The molecule has 1 fully saturated rings. The van der Waals surface area contributed by atoms with Crippen molar-refractivity contribution in [2.24, 2.45) is 5.92 Å². The summed E-state index contributed by atoms with van der Waals surface area (Å²) in [4.78, 5) is 11.3. The van der Waals surface area contributed by atoms with E-state index in [-0.39, 0.29) is 5.97 Å². The van der Waals surface area contributed by atoms with Crippen LogP contribution >= 0.6 is 0 Å². The van der Waals surface area contributed by atoms with Crippen molar-refractivity contribution in [2.45, 2.75) is 71.3 Å². The van der Waals surface area contributed by atoms with Gasteiger partial charge in [-0.1, -0.05) is 19.8 Å². The third-order valence-electron chi connectivity index (χ3n) is 3.36. The lowest BCUT2D eigenvalue weighted by molar-refractivity contribution is -0.211. The topological polar surface area (TPSA) is 35.5 Å². The molecule has 0 aromatic rings. The van der Waals surface area contributed by atoms with E-state index >= 15 is 0 Å². The van der Waals surface area contributed by atoms with Crippen LogP contribution in [0.5, 0.6) is 0 Å². The molecule has 17 heavy (non-hydrogen) atoms. The Morgan fingerprint density at radius 1 is 1.47 bits per heavy atom. The molecule has 1 saturated carbocycles. The molecule has 0 aromatic heterocycles. The van der Waals surface area contributed by atoms with E-state index in [1.54, 1.807) is 0 Å². The van der Waals surface area contributed by atoms with Crippen LogP contribution in [0.3, 0.4) is 0 Å². The first-order chi connectivity index (χ1) is 8.00. The number of rotatable bonds is 6. The van der Waals surface area contributed by atoms with Crippen molar-refractivity contribution >= 4 is 15.0 Å². The molecule has 1 rings (SSSR count). The molecule has 0 aliphatic heterocycles. The van der Waals surface area contributed by atoms with Crippen molar-refractivity contribution in [2.75, 3.05) is 0 Å². The standard InChI is InChI=1S/C13H26O3Si/c1-5-6-8-12-9-7-10-13(12,15-11(2)14)16-17(3)4/h12,17H,5-10H2,1-4H3. The van der Waals surface area contributed by atoms with E-state index in [2.05, 4.69) is 20.0 Å². The predicted octanol–water partition coefficient (Wildman–Crippen LogP) is 3.24. The molecular weight excluding hydrogens is 232 g/mol. The van der Waals surface area contributed by atoms with Crippen molar-refractivity contribution in [1.82, 2.24) is 0 Å². The summed E-state index contributed by atoms with van der Waals surface area (Å²) in [6.45, 7) is 7.96. The van der Waals surface area contributed by atoms with E-state index in [1.165, 1.54) is 19.8 Å². The minimum absolute atomic E-state index is 0.206. The maximum absolute atomic E-state index is 11.3. The molecule has 0 heterocycles. The van der Waals surface area contributed by atoms with Gasteiger partial charge >= 0.3 is 5.97 Å². The lowest BCUT2D eigenvalue weighted by Crippen LogP contribution is -2.44. The van der Waals surface area contributed by atoms with Crippen molar-refractivity contribution in [3.05, 3.63) is 0 Å². The van der Waals surface area contributed by atoms with Gasteiger partial charge in [-0.05, 0) is 32.4 Å². The molecule has 3 nitrogen and oxygen atoms in total. The van der Waals surface area contributed by atoms with Gasteiger partial charge < -0.3 is 9.16 Å². The fraction of sp³-hybridized carbons (Fsp3) is 0.923. The van der Waals surface area contributed by atoms with Crippen molar-refractivity contribution in [1.29, 1.82) is 0 Å². The van der Waals surface area contributed by atoms with Gasteiger partial charge in [-0.3, -0.25) is 4.79 Å². The van der Waals surface area contributed by atoms with Crippen LogP contribution in [0.15, 0.2) is 0 Å². The van der Waals surface area contributed by atoms with Crippen LogP contribution in [-0.2, 0) is 14.0 Å². The normalized spacial score (nSPS) is 28.6. The minimum atomic E-state index is -1.20. The zero-order chi connectivity index (χ0) is 12.9. The Bertz CT molecular complexity index is 255. The Morgan fingerprint density at radius 3 is 2.71 bits per heavy atom. The number of carbonyl (C=O) groups excluding carboxylic acids is 1. The van der Waals surface area contributed by atoms with Gasteiger partial charge in [0.1, 0.15) is 0 Å². The van der Waals surface area contributed by atoms with Gasteiger partial charge in [0, 0.05) is 19.3 Å². The molecule has 0 bridgehead atoms. The van der Waals surface area contributed by atoms with Gasteiger partial charge in [0.15, 0.2) is 9.04 Å². The Labute approximate surface area is 107 Å². The van der Waals surface area contributed by atoms with E-state index in [9.17, 15) is 4.79 Å². The Hall–Kier alpha value is -0.353. The van der Waals surface area contributed by atoms with Crippen molar-refractivity contribution in [3.63, 3.8) is 0 Å². The summed E-state index contributed by atoms with van der Waals surface area (Å²) in [5, 5.41) is 0. The molecule has 1 aliphatic carbocycles. The summed E-state index contributed by atoms with van der Waals surface area (Å²) in [5.74, 6) is -0.384. The molecule has 100 valence electrons. The van der Waals surface area contributed by atoms with Gasteiger partial charge in [-0.15, -0.1) is 0 Å². The van der Waals surface area contributed by atoms with E-state index in [0.717, 1.165) is 25.7 Å². The molecule has 0 amide bonds. The molecule has 0 spiro atoms. The van der Waals surface area contributed by atoms with E-state index < -0.39 is 14.8 Å². The summed E-state index contributed by atoms with van der Waals surface area (Å²) in [5.41, 5.74) is 0. The highest BCUT2D eigenvalue weighted by molar-refractivity contribution is 6.48. The van der Waals surface area contributed by atoms with Gasteiger partial charge in [-0.2, -0.15) is 0 Å². The van der Waals surface area contributed by atoms with Crippen LogP contribution in [0.2, 0.25) is 13.1 Å². The maximum Gasteiger partial charge on any atom is 0.305 e. The Morgan fingerprint density at radius 2 is 2.18 bits per heavy atom. The summed E-state index contributed by atoms with van der Waals surface area (Å²) < 4.78 is 11.7. The number of ether oxygens (including phenoxy) is 1. The zero-order valence-corrected chi connectivity index (χ0v) is 12.8. The predicted molar refractivity (Wildman–Crippen MR) is 71.3 cm³/mol. The quantitative estimate of drug-likeness (QED) is 0.417. The second-order valence-corrected chi connectivity index (χ2v) is 7.64. The third kappa shape index (κ3) is 4.10. The second kappa shape index (κ2) is 6.54. The van der Waals surface area contributed by atoms with Crippen LogP contribution in [0.1, 0.15) is 52.4 Å². The van der Waals surface area contributed by atoms with Crippen LogP contribution in [-0.4, -0.2) is 20.8 Å². The Kier molecular flexibility index (Phi) is 5.66. The number of hydrogen-bond donors (Lipinski definition) is 0. The van der Waals surface area contributed by atoms with Gasteiger partial charge in [0.2, 0.25) is 5.79 Å². The number of carbonyl (C=O) groups is 1. The Balaban J connectivity index is 2.74. The molecule has 0 saturated heterocycles. The lowest BCUT2D eigenvalue weighted by atomic mass is 9.96. The maximum atomic E-state index is 11.3. The first-order valence-corrected chi connectivity index (χ1v) is 9.65. The highest BCUT2D eigenvalue weighted by Gasteiger charge is 2.46. The van der Waals surface area contributed by atoms with Crippen molar-refractivity contribution in [3.8, 4) is 0 Å². The zero-order valence-electron chi connectivity index (χ0n) is 11.6. The van der Waals surface area contributed by atoms with E-state index in [0.29, 0.717) is 5.92 Å². The number of esters is 1. The largest absolute Gasteiger partial charge is 0.434 e. The van der Waals surface area contributed by atoms with E-state index in [1.807, 2.05) is 0 Å². The summed E-state index contributed by atoms with van der Waals surface area (Å²) >= 11 is 0. The fourth-order valence-electron chi connectivity index (χ4n) is 2.79. The van der Waals surface area contributed by atoms with Gasteiger partial charge in [-0.25, -0.2) is 0 Å². The number of hydrogen-bond acceptors (Lipinski definition) is 3. The van der Waals surface area contributed by atoms with Gasteiger partial charge in [0.25, 0.3) is 0 Å². The van der Waals surface area contributed by atoms with E-state index in [4.69, 9.17) is 9.16 Å². The molecule has 1 aliphatic rings. The first-order valence-electron chi connectivity index (χ1n) is 6.87. The molecule has 2 atom stereocenters. The summed E-state index contributed by atoms with van der Waals surface area (Å²) in [7, 11) is -1.20. The minimum Gasteiger partial charge on any atom is -0.434 e. The number of unbranched alkanes of at least 4 members (excludes halogenated alkanes) is 1. The summed E-state index contributed by atoms with van der Waals surface area (Å²) in [6.07, 6.45) is 6.62. The molecule has 4 heteroatoms. The molecule has 0 aromatic carbocycles. The van der Waals surface area contributed by atoms with Gasteiger partial charge in [0.05, 0.1) is 0 Å². The van der Waals surface area contributed by atoms with Crippen LogP contribution < -0.4 is 0 Å². The smallest absolute Gasteiger partial charge is 0.305 e. The highest BCUT2D eigenvalue weighted by Crippen LogP contribution is 2.43. The average Bonchev–Trinajstić information content (AvgIpc) is 2.55. The highest BCUT2D eigenvalue weighted by atomic mass is 28.3. The molecule has 0 radical (unpaired) electrons. The van der Waals surface area contributed by atoms with Crippen LogP contribution in [0, 0.1) is 5.92 Å². The van der Waals surface area contributed by atoms with Crippen LogP contribution in [0.25, 0.3) is 0 Å². The molecular formula is C13H26O3Si. The third-order valence-corrected chi connectivity index (χ3v) is 4.23. The van der Waals surface area contributed by atoms with Crippen LogP contribution in [0.4, 0.5) is 0 Å². The summed E-state index contributed by atoms with van der Waals surface area (Å²) in [6, 6.07) is 0. The lowest BCUT2D eigenvalue weighted by Gasteiger charge is -2.36. The van der Waals surface area contributed by atoms with Crippen molar-refractivity contribution < 1.29 is 14.0 Å². The molecule has 0 N–H and O–H groups in total. The first kappa shape index (κ1) is 14.7. The SMILES string of the molecule is CCCCC1CCCC1(OC(C)=O)O[SiH](C)C.